The van der Waals surface area contributed by atoms with Gasteiger partial charge >= 0.3 is 25.0 Å². The van der Waals surface area contributed by atoms with Crippen LogP contribution >= 0.6 is 0 Å². The summed E-state index contributed by atoms with van der Waals surface area (Å²) in [5.41, 5.74) is 0.777. The third-order valence-electron chi connectivity index (χ3n) is 2.40. The van der Waals surface area contributed by atoms with Crippen LogP contribution < -0.4 is 29.3 Å². The van der Waals surface area contributed by atoms with Crippen LogP contribution in [0, 0.1) is 5.92 Å². The van der Waals surface area contributed by atoms with Crippen molar-refractivity contribution in [2.75, 3.05) is 0 Å². The van der Waals surface area contributed by atoms with E-state index in [0.717, 1.165) is 5.56 Å². The van der Waals surface area contributed by atoms with Gasteiger partial charge in [0.25, 0.3) is 0 Å². The van der Waals surface area contributed by atoms with Crippen LogP contribution in [0.4, 0.5) is 4.79 Å². The van der Waals surface area contributed by atoms with E-state index >= 15 is 0 Å². The largest absolute Gasteiger partial charge is 1.00 e. The molecule has 1 aromatic heterocycles. The number of aromatic nitrogens is 1. The van der Waals surface area contributed by atoms with Gasteiger partial charge in [-0.3, -0.25) is 4.98 Å². The smallest absolute Gasteiger partial charge is 0.548 e. The molecule has 0 aliphatic heterocycles. The Labute approximate surface area is 130 Å². The van der Waals surface area contributed by atoms with E-state index in [1.807, 2.05) is 13.8 Å². The minimum Gasteiger partial charge on any atom is -0.548 e. The van der Waals surface area contributed by atoms with E-state index in [4.69, 9.17) is 4.74 Å². The fraction of sp³-hybridized carbons (Fsp3) is 0.462. The Bertz CT molecular complexity index is 426. The molecule has 0 radical (unpaired) electrons. The van der Waals surface area contributed by atoms with Crippen molar-refractivity contribution in [3.63, 3.8) is 0 Å². The van der Waals surface area contributed by atoms with Gasteiger partial charge in [-0.05, 0) is 30.0 Å². The Morgan fingerprint density at radius 3 is 2.45 bits per heavy atom. The fourth-order valence-electron chi connectivity index (χ4n) is 1.50. The van der Waals surface area contributed by atoms with Crippen LogP contribution in [0.25, 0.3) is 0 Å². The summed E-state index contributed by atoms with van der Waals surface area (Å²) in [4.78, 5) is 26.2. The quantitative estimate of drug-likeness (QED) is 0.577. The summed E-state index contributed by atoms with van der Waals surface area (Å²) in [7, 11) is 0. The molecule has 1 aromatic rings. The maximum atomic E-state index is 11.5. The SMILES string of the molecule is CC(C)C[C@H](NC(=O)OCc1ccncc1)C(=O)[O-].[Li+]. The number of carboxylic acid groups (broad SMARTS) is 1. The number of amides is 1. The summed E-state index contributed by atoms with van der Waals surface area (Å²) < 4.78 is 4.92. The van der Waals surface area contributed by atoms with Gasteiger partial charge in [-0.15, -0.1) is 0 Å². The summed E-state index contributed by atoms with van der Waals surface area (Å²) in [6.07, 6.45) is 2.69. The zero-order valence-electron chi connectivity index (χ0n) is 12.0. The Balaban J connectivity index is 0.00000361. The van der Waals surface area contributed by atoms with Gasteiger partial charge < -0.3 is 20.0 Å². The minimum absolute atomic E-state index is 0. The summed E-state index contributed by atoms with van der Waals surface area (Å²) in [5.74, 6) is -1.18. The molecular weight excluding hydrogens is 255 g/mol. The standard InChI is InChI=1S/C13H18N2O4.Li/c1-9(2)7-11(12(16)17)15-13(18)19-8-10-3-5-14-6-4-10;/h3-6,9,11H,7-8H2,1-2H3,(H,15,18)(H,16,17);/q;+1/p-1/t11-;/m0./s1. The average molecular weight is 272 g/mol. The molecule has 1 amide bonds. The number of ether oxygens (including phenoxy) is 1. The first-order chi connectivity index (χ1) is 8.99. The number of carbonyl (C=O) groups excluding carboxylic acids is 2. The molecule has 0 aromatic carbocycles. The maximum absolute atomic E-state index is 11.5. The molecule has 0 aliphatic rings. The van der Waals surface area contributed by atoms with Crippen molar-refractivity contribution in [2.24, 2.45) is 5.92 Å². The van der Waals surface area contributed by atoms with E-state index < -0.39 is 18.1 Å². The molecule has 0 aliphatic carbocycles. The number of aliphatic carboxylic acids is 1. The van der Waals surface area contributed by atoms with Crippen molar-refractivity contribution < 1.29 is 38.3 Å². The predicted molar refractivity (Wildman–Crippen MR) is 65.8 cm³/mol. The van der Waals surface area contributed by atoms with Crippen LogP contribution in [0.3, 0.4) is 0 Å². The molecule has 6 nitrogen and oxygen atoms in total. The summed E-state index contributed by atoms with van der Waals surface area (Å²) in [5, 5.41) is 13.1. The van der Waals surface area contributed by atoms with Crippen LogP contribution in [0.15, 0.2) is 24.5 Å². The topological polar surface area (TPSA) is 91.3 Å². The van der Waals surface area contributed by atoms with Gasteiger partial charge in [-0.2, -0.15) is 0 Å². The van der Waals surface area contributed by atoms with Crippen molar-refractivity contribution in [3.8, 4) is 0 Å². The van der Waals surface area contributed by atoms with Crippen LogP contribution in [-0.2, 0) is 16.1 Å². The van der Waals surface area contributed by atoms with Gasteiger partial charge in [-0.1, -0.05) is 13.8 Å². The summed E-state index contributed by atoms with van der Waals surface area (Å²) in [6.45, 7) is 3.79. The molecule has 1 heterocycles. The van der Waals surface area contributed by atoms with Crippen LogP contribution in [0.1, 0.15) is 25.8 Å². The monoisotopic (exact) mass is 272 g/mol. The minimum atomic E-state index is -1.31. The predicted octanol–water partition coefficient (Wildman–Crippen LogP) is -2.52. The Morgan fingerprint density at radius 2 is 1.95 bits per heavy atom. The number of nitrogens with zero attached hydrogens (tertiary/aromatic N) is 1. The molecule has 0 spiro atoms. The second kappa shape index (κ2) is 9.40. The van der Waals surface area contributed by atoms with E-state index in [0.29, 0.717) is 6.42 Å². The molecule has 0 unspecified atom stereocenters. The zero-order chi connectivity index (χ0) is 14.3. The fourth-order valence-corrected chi connectivity index (χ4v) is 1.50. The summed E-state index contributed by atoms with van der Waals surface area (Å²) in [6, 6.07) is 2.37. The molecule has 0 saturated heterocycles. The Hall–Kier alpha value is -1.51. The number of hydrogen-bond donors (Lipinski definition) is 1. The third kappa shape index (κ3) is 7.17. The molecule has 0 bridgehead atoms. The second-order valence-corrected chi connectivity index (χ2v) is 4.58. The number of carbonyl (C=O) groups is 2. The first-order valence-electron chi connectivity index (χ1n) is 6.02. The van der Waals surface area contributed by atoms with E-state index in [1.54, 1.807) is 24.5 Å². The number of carboxylic acids is 1. The number of nitrogens with one attached hydrogen (secondary N) is 1. The Morgan fingerprint density at radius 1 is 1.35 bits per heavy atom. The average Bonchev–Trinajstić information content (AvgIpc) is 2.36. The molecule has 0 fully saturated rings. The van der Waals surface area contributed by atoms with Gasteiger partial charge in [0.15, 0.2) is 0 Å². The van der Waals surface area contributed by atoms with E-state index in [2.05, 4.69) is 10.3 Å². The molecule has 1 N–H and O–H groups in total. The first-order valence-corrected chi connectivity index (χ1v) is 6.02. The summed E-state index contributed by atoms with van der Waals surface area (Å²) >= 11 is 0. The molecule has 1 rings (SSSR count). The van der Waals surface area contributed by atoms with E-state index in [-0.39, 0.29) is 31.4 Å². The van der Waals surface area contributed by atoms with Crippen molar-refractivity contribution >= 4 is 12.1 Å². The second-order valence-electron chi connectivity index (χ2n) is 4.58. The van der Waals surface area contributed by atoms with Crippen LogP contribution in [0.5, 0.6) is 0 Å². The number of alkyl carbamates (subject to hydrolysis) is 1. The zero-order valence-corrected chi connectivity index (χ0v) is 12.0. The van der Waals surface area contributed by atoms with Gasteiger partial charge in [0.1, 0.15) is 6.61 Å². The van der Waals surface area contributed by atoms with Crippen molar-refractivity contribution in [1.82, 2.24) is 10.3 Å². The molecule has 1 atom stereocenters. The normalized spacial score (nSPS) is 11.3. The van der Waals surface area contributed by atoms with Crippen molar-refractivity contribution in [2.45, 2.75) is 32.9 Å². The Kier molecular flexibility index (Phi) is 8.69. The maximum Gasteiger partial charge on any atom is 1.00 e. The molecule has 0 saturated carbocycles. The van der Waals surface area contributed by atoms with E-state index in [1.165, 1.54) is 0 Å². The molecule has 20 heavy (non-hydrogen) atoms. The third-order valence-corrected chi connectivity index (χ3v) is 2.40. The van der Waals surface area contributed by atoms with Crippen molar-refractivity contribution in [1.29, 1.82) is 0 Å². The van der Waals surface area contributed by atoms with E-state index in [9.17, 15) is 14.7 Å². The number of pyridine rings is 1. The van der Waals surface area contributed by atoms with Crippen LogP contribution in [0.2, 0.25) is 0 Å². The van der Waals surface area contributed by atoms with Gasteiger partial charge in [0.05, 0.1) is 12.0 Å². The molecule has 7 heteroatoms. The van der Waals surface area contributed by atoms with Crippen LogP contribution in [-0.4, -0.2) is 23.1 Å². The first kappa shape index (κ1) is 18.5. The van der Waals surface area contributed by atoms with Gasteiger partial charge in [0, 0.05) is 12.4 Å². The number of rotatable bonds is 6. The van der Waals surface area contributed by atoms with Gasteiger partial charge in [-0.25, -0.2) is 4.79 Å². The van der Waals surface area contributed by atoms with Crippen molar-refractivity contribution in [3.05, 3.63) is 30.1 Å². The van der Waals surface area contributed by atoms with Gasteiger partial charge in [0.2, 0.25) is 0 Å². The number of hydrogen-bond acceptors (Lipinski definition) is 5. The molecule has 104 valence electrons. The molecular formula is C13H17LiN2O4.